The molecule has 0 aliphatic carbocycles. The normalized spacial score (nSPS) is 19.6. The molecule has 2 aliphatic rings. The van der Waals surface area contributed by atoms with Gasteiger partial charge in [-0.25, -0.2) is 0 Å². The topological polar surface area (TPSA) is 61.4 Å². The molecule has 0 saturated heterocycles. The van der Waals surface area contributed by atoms with Gasteiger partial charge in [-0.15, -0.1) is 0 Å². The number of fused-ring (bicyclic) bond motifs is 3. The van der Waals surface area contributed by atoms with Crippen molar-refractivity contribution in [3.05, 3.63) is 94.5 Å². The van der Waals surface area contributed by atoms with E-state index in [4.69, 9.17) is 0 Å². The van der Waals surface area contributed by atoms with Crippen molar-refractivity contribution in [2.24, 2.45) is 0 Å². The van der Waals surface area contributed by atoms with Gasteiger partial charge in [0.05, 0.1) is 11.3 Å². The summed E-state index contributed by atoms with van der Waals surface area (Å²) in [6.07, 6.45) is 0. The second-order valence-electron chi connectivity index (χ2n) is 7.71. The van der Waals surface area contributed by atoms with Crippen LogP contribution in [-0.4, -0.2) is 16.7 Å². The van der Waals surface area contributed by atoms with Crippen molar-refractivity contribution < 1.29 is 9.59 Å². The van der Waals surface area contributed by atoms with Gasteiger partial charge in [0.1, 0.15) is 0 Å². The van der Waals surface area contributed by atoms with Crippen LogP contribution < -0.4 is 10.6 Å². The maximum atomic E-state index is 13.6. The highest BCUT2D eigenvalue weighted by molar-refractivity contribution is 6.14. The van der Waals surface area contributed by atoms with Crippen LogP contribution in [0.25, 0.3) is 0 Å². The van der Waals surface area contributed by atoms with E-state index in [2.05, 4.69) is 10.6 Å². The Bertz CT molecular complexity index is 1150. The van der Waals surface area contributed by atoms with Crippen LogP contribution in [0.4, 0.5) is 11.4 Å². The summed E-state index contributed by atoms with van der Waals surface area (Å²) in [5.74, 6) is -0.402. The van der Waals surface area contributed by atoms with Crippen molar-refractivity contribution in [1.82, 2.24) is 4.90 Å². The van der Waals surface area contributed by atoms with Crippen molar-refractivity contribution >= 4 is 23.2 Å². The van der Waals surface area contributed by atoms with Gasteiger partial charge in [-0.1, -0.05) is 60.2 Å². The largest absolute Gasteiger partial charge is 0.350 e. The first kappa shape index (κ1) is 17.5. The maximum absolute atomic E-state index is 13.6. The van der Waals surface area contributed by atoms with Gasteiger partial charge in [0.2, 0.25) is 5.66 Å². The fourth-order valence-electron chi connectivity index (χ4n) is 4.26. The molecule has 2 heterocycles. The number of hydrogen-bond acceptors (Lipinski definition) is 3. The van der Waals surface area contributed by atoms with Gasteiger partial charge in [-0.3, -0.25) is 14.5 Å². The number of rotatable bonds is 2. The standard InChI is InChI=1S/C24H21N3O2/c1-15-10-12-17(13-11-15)14-27-22(28)18-7-3-4-9-20(18)26-24(27)19-8-5-6-16(2)21(19)25-23(24)29/h3-13,26H,14H2,1-2H3,(H,25,29)/t24-/m0/s1. The van der Waals surface area contributed by atoms with Gasteiger partial charge in [0.15, 0.2) is 0 Å². The first-order valence-corrected chi connectivity index (χ1v) is 9.67. The molecule has 0 aromatic heterocycles. The van der Waals surface area contributed by atoms with Crippen LogP contribution in [0.1, 0.15) is 32.6 Å². The summed E-state index contributed by atoms with van der Waals surface area (Å²) in [7, 11) is 0. The molecule has 1 atom stereocenters. The zero-order valence-corrected chi connectivity index (χ0v) is 16.3. The smallest absolute Gasteiger partial charge is 0.276 e. The summed E-state index contributed by atoms with van der Waals surface area (Å²) in [6.45, 7) is 4.31. The van der Waals surface area contributed by atoms with Crippen LogP contribution in [0.15, 0.2) is 66.7 Å². The minimum atomic E-state index is -1.28. The molecule has 5 nitrogen and oxygen atoms in total. The molecule has 0 unspecified atom stereocenters. The van der Waals surface area contributed by atoms with Gasteiger partial charge in [-0.2, -0.15) is 0 Å². The highest BCUT2D eigenvalue weighted by atomic mass is 16.2. The average molecular weight is 383 g/mol. The van der Waals surface area contributed by atoms with Gasteiger partial charge in [-0.05, 0) is 37.1 Å². The SMILES string of the molecule is Cc1ccc(CN2C(=O)c3ccccc3N[C@]23C(=O)Nc2c(C)cccc23)cc1. The molecule has 2 N–H and O–H groups in total. The quantitative estimate of drug-likeness (QED) is 0.698. The summed E-state index contributed by atoms with van der Waals surface area (Å²) in [5.41, 5.74) is 4.59. The van der Waals surface area contributed by atoms with Crippen LogP contribution in [-0.2, 0) is 17.0 Å². The van der Waals surface area contributed by atoms with Gasteiger partial charge < -0.3 is 10.6 Å². The number of carbonyl (C=O) groups is 2. The monoisotopic (exact) mass is 383 g/mol. The lowest BCUT2D eigenvalue weighted by atomic mass is 9.91. The molecule has 29 heavy (non-hydrogen) atoms. The summed E-state index contributed by atoms with van der Waals surface area (Å²) in [6, 6.07) is 21.2. The highest BCUT2D eigenvalue weighted by Crippen LogP contribution is 2.46. The number of nitrogens with one attached hydrogen (secondary N) is 2. The van der Waals surface area contributed by atoms with E-state index in [1.54, 1.807) is 11.0 Å². The second-order valence-corrected chi connectivity index (χ2v) is 7.71. The lowest BCUT2D eigenvalue weighted by Crippen LogP contribution is -2.60. The Balaban J connectivity index is 1.72. The van der Waals surface area contributed by atoms with E-state index in [1.165, 1.54) is 0 Å². The zero-order valence-electron chi connectivity index (χ0n) is 16.3. The molecule has 1 spiro atoms. The molecule has 144 valence electrons. The predicted molar refractivity (Wildman–Crippen MR) is 113 cm³/mol. The first-order chi connectivity index (χ1) is 14.0. The predicted octanol–water partition coefficient (Wildman–Crippen LogP) is 4.18. The summed E-state index contributed by atoms with van der Waals surface area (Å²) >= 11 is 0. The number of carbonyl (C=O) groups excluding carboxylic acids is 2. The molecular formula is C24H21N3O2. The Hall–Kier alpha value is -3.60. The van der Waals surface area contributed by atoms with Crippen molar-refractivity contribution in [3.8, 4) is 0 Å². The molecular weight excluding hydrogens is 362 g/mol. The fourth-order valence-corrected chi connectivity index (χ4v) is 4.26. The van der Waals surface area contributed by atoms with Crippen LogP contribution in [0.2, 0.25) is 0 Å². The lowest BCUT2D eigenvalue weighted by Gasteiger charge is -2.44. The maximum Gasteiger partial charge on any atom is 0.276 e. The second kappa shape index (κ2) is 6.21. The Morgan fingerprint density at radius 2 is 1.66 bits per heavy atom. The first-order valence-electron chi connectivity index (χ1n) is 9.67. The van der Waals surface area contributed by atoms with Crippen LogP contribution in [0, 0.1) is 13.8 Å². The van der Waals surface area contributed by atoms with Crippen molar-refractivity contribution in [3.63, 3.8) is 0 Å². The third-order valence-corrected chi connectivity index (χ3v) is 5.81. The summed E-state index contributed by atoms with van der Waals surface area (Å²) in [5, 5.41) is 6.42. The van der Waals surface area contributed by atoms with E-state index < -0.39 is 5.66 Å². The van der Waals surface area contributed by atoms with E-state index in [9.17, 15) is 9.59 Å². The Morgan fingerprint density at radius 1 is 0.897 bits per heavy atom. The van der Waals surface area contributed by atoms with E-state index in [0.29, 0.717) is 17.8 Å². The average Bonchev–Trinajstić information content (AvgIpc) is 3.00. The minimum Gasteiger partial charge on any atom is -0.350 e. The van der Waals surface area contributed by atoms with Crippen molar-refractivity contribution in [2.75, 3.05) is 10.6 Å². The minimum absolute atomic E-state index is 0.163. The van der Waals surface area contributed by atoms with Crippen LogP contribution >= 0.6 is 0 Å². The third kappa shape index (κ3) is 2.47. The molecule has 3 aromatic rings. The van der Waals surface area contributed by atoms with E-state index in [1.807, 2.05) is 74.5 Å². The molecule has 5 heteroatoms. The molecule has 0 fully saturated rings. The molecule has 2 amide bonds. The van der Waals surface area contributed by atoms with Gasteiger partial charge in [0, 0.05) is 17.8 Å². The highest BCUT2D eigenvalue weighted by Gasteiger charge is 2.56. The zero-order chi connectivity index (χ0) is 20.2. The van der Waals surface area contributed by atoms with Gasteiger partial charge in [0.25, 0.3) is 11.8 Å². The molecule has 0 bridgehead atoms. The Kier molecular flexibility index (Phi) is 3.74. The number of nitrogens with zero attached hydrogens (tertiary/aromatic N) is 1. The van der Waals surface area contributed by atoms with E-state index >= 15 is 0 Å². The summed E-state index contributed by atoms with van der Waals surface area (Å²) in [4.78, 5) is 28.7. The molecule has 2 aliphatic heterocycles. The lowest BCUT2D eigenvalue weighted by molar-refractivity contribution is -0.125. The third-order valence-electron chi connectivity index (χ3n) is 5.81. The molecule has 5 rings (SSSR count). The fraction of sp³-hybridized carbons (Fsp3) is 0.167. The number of benzene rings is 3. The number of hydrogen-bond donors (Lipinski definition) is 2. The van der Waals surface area contributed by atoms with Crippen molar-refractivity contribution in [1.29, 1.82) is 0 Å². The van der Waals surface area contributed by atoms with Crippen molar-refractivity contribution in [2.45, 2.75) is 26.1 Å². The van der Waals surface area contributed by atoms with Crippen LogP contribution in [0.5, 0.6) is 0 Å². The van der Waals surface area contributed by atoms with E-state index in [-0.39, 0.29) is 11.8 Å². The number of amides is 2. The van der Waals surface area contributed by atoms with E-state index in [0.717, 1.165) is 27.9 Å². The van der Waals surface area contributed by atoms with Crippen LogP contribution in [0.3, 0.4) is 0 Å². The molecule has 3 aromatic carbocycles. The van der Waals surface area contributed by atoms with Gasteiger partial charge >= 0.3 is 0 Å². The Morgan fingerprint density at radius 3 is 2.45 bits per heavy atom. The number of aryl methyl sites for hydroxylation is 2. The number of para-hydroxylation sites is 2. The molecule has 0 saturated carbocycles. The number of anilines is 2. The molecule has 0 radical (unpaired) electrons. The Labute approximate surface area is 169 Å². The summed E-state index contributed by atoms with van der Waals surface area (Å²) < 4.78 is 0.